The van der Waals surface area contributed by atoms with Crippen LogP contribution in [-0.4, -0.2) is 30.7 Å². The van der Waals surface area contributed by atoms with Gasteiger partial charge in [0.25, 0.3) is 0 Å². The number of carbonyl (C=O) groups excluding carboxylic acids is 1. The van der Waals surface area contributed by atoms with Crippen molar-refractivity contribution >= 4 is 33.3 Å². The van der Waals surface area contributed by atoms with Crippen LogP contribution in [0.2, 0.25) is 5.02 Å². The quantitative estimate of drug-likeness (QED) is 0.459. The molecule has 1 aromatic carbocycles. The number of halogens is 2. The Morgan fingerprint density at radius 1 is 1.29 bits per heavy atom. The first-order valence-corrected chi connectivity index (χ1v) is 8.88. The van der Waals surface area contributed by atoms with Gasteiger partial charge in [0.1, 0.15) is 5.75 Å². The monoisotopic (exact) mass is 413 g/mol. The summed E-state index contributed by atoms with van der Waals surface area (Å²) in [6, 6.07) is 7.13. The Labute approximate surface area is 155 Å². The van der Waals surface area contributed by atoms with Crippen LogP contribution in [0.4, 0.5) is 0 Å². The number of carbonyl (C=O) groups is 1. The lowest BCUT2D eigenvalue weighted by molar-refractivity contribution is 0.0920. The molecular formula is C18H21BrClNO3. The van der Waals surface area contributed by atoms with Gasteiger partial charge in [0.05, 0.1) is 4.47 Å². The van der Waals surface area contributed by atoms with Gasteiger partial charge >= 0.3 is 0 Å². The van der Waals surface area contributed by atoms with E-state index in [2.05, 4.69) is 20.5 Å². The number of rotatable bonds is 8. The Kier molecular flexibility index (Phi) is 6.90. The molecule has 0 fully saturated rings. The average Bonchev–Trinajstić information content (AvgIpc) is 2.82. The number of aromatic nitrogens is 1. The van der Waals surface area contributed by atoms with Crippen LogP contribution in [0, 0.1) is 13.8 Å². The number of Topliss-reactive ketones (excluding diaryl/α,β-unsaturated/α-hetero) is 1. The van der Waals surface area contributed by atoms with E-state index in [9.17, 15) is 4.79 Å². The minimum atomic E-state index is -0.0389. The molecular weight excluding hydrogens is 394 g/mol. The number of methoxy groups -OCH3 is 1. The van der Waals surface area contributed by atoms with Crippen LogP contribution in [0.1, 0.15) is 28.2 Å². The fraction of sp³-hybridized carbons (Fsp3) is 0.389. The second-order valence-electron chi connectivity index (χ2n) is 5.57. The van der Waals surface area contributed by atoms with E-state index >= 15 is 0 Å². The van der Waals surface area contributed by atoms with Crippen LogP contribution in [0.5, 0.6) is 5.75 Å². The van der Waals surface area contributed by atoms with E-state index in [1.54, 1.807) is 25.3 Å². The summed E-state index contributed by atoms with van der Waals surface area (Å²) in [7, 11) is 1.69. The number of aryl methyl sites for hydroxylation is 1. The third-order valence-electron chi connectivity index (χ3n) is 3.86. The van der Waals surface area contributed by atoms with E-state index in [0.717, 1.165) is 28.8 Å². The molecule has 0 saturated carbocycles. The number of ether oxygens (including phenoxy) is 2. The summed E-state index contributed by atoms with van der Waals surface area (Å²) in [6.07, 6.45) is 0.911. The predicted octanol–water partition coefficient (Wildman–Crippen LogP) is 4.82. The maximum Gasteiger partial charge on any atom is 0.202 e. The van der Waals surface area contributed by atoms with Crippen molar-refractivity contribution in [3.63, 3.8) is 0 Å². The lowest BCUT2D eigenvalue weighted by Crippen LogP contribution is -2.13. The van der Waals surface area contributed by atoms with E-state index < -0.39 is 0 Å². The molecule has 0 unspecified atom stereocenters. The molecule has 0 aliphatic heterocycles. The highest BCUT2D eigenvalue weighted by Gasteiger charge is 2.16. The van der Waals surface area contributed by atoms with E-state index in [1.807, 2.05) is 19.9 Å². The van der Waals surface area contributed by atoms with Gasteiger partial charge in [-0.2, -0.15) is 0 Å². The first kappa shape index (κ1) is 19.0. The summed E-state index contributed by atoms with van der Waals surface area (Å²) in [5, 5.41) is 0.611. The first-order valence-electron chi connectivity index (χ1n) is 7.70. The van der Waals surface area contributed by atoms with Crippen molar-refractivity contribution in [2.45, 2.75) is 26.8 Å². The van der Waals surface area contributed by atoms with Gasteiger partial charge in [-0.1, -0.05) is 11.6 Å². The number of hydrogen-bond donors (Lipinski definition) is 0. The molecule has 0 radical (unpaired) electrons. The molecule has 2 rings (SSSR count). The molecule has 0 amide bonds. The maximum atomic E-state index is 12.5. The van der Waals surface area contributed by atoms with Gasteiger partial charge in [0.15, 0.2) is 6.61 Å². The van der Waals surface area contributed by atoms with Gasteiger partial charge in [-0.25, -0.2) is 0 Å². The van der Waals surface area contributed by atoms with Crippen molar-refractivity contribution in [1.82, 2.24) is 4.57 Å². The third kappa shape index (κ3) is 4.62. The highest BCUT2D eigenvalue weighted by molar-refractivity contribution is 9.10. The molecule has 1 heterocycles. The molecule has 0 aliphatic carbocycles. The number of hydrogen-bond acceptors (Lipinski definition) is 3. The molecule has 0 aliphatic rings. The second kappa shape index (κ2) is 8.70. The fourth-order valence-corrected chi connectivity index (χ4v) is 3.40. The SMILES string of the molecule is COCCCn1c(C)cc(C(=O)COc2ccc(Cl)cc2Br)c1C. The molecule has 4 nitrogen and oxygen atoms in total. The first-order chi connectivity index (χ1) is 11.4. The second-order valence-corrected chi connectivity index (χ2v) is 6.86. The van der Waals surface area contributed by atoms with E-state index in [-0.39, 0.29) is 12.4 Å². The Morgan fingerprint density at radius 3 is 2.71 bits per heavy atom. The molecule has 0 bridgehead atoms. The lowest BCUT2D eigenvalue weighted by atomic mass is 10.1. The average molecular weight is 415 g/mol. The van der Waals surface area contributed by atoms with Gasteiger partial charge in [-0.3, -0.25) is 4.79 Å². The highest BCUT2D eigenvalue weighted by Crippen LogP contribution is 2.28. The third-order valence-corrected chi connectivity index (χ3v) is 4.71. The molecule has 0 N–H and O–H groups in total. The number of nitrogens with zero attached hydrogens (tertiary/aromatic N) is 1. The maximum absolute atomic E-state index is 12.5. The van der Waals surface area contributed by atoms with E-state index in [1.165, 1.54) is 0 Å². The zero-order chi connectivity index (χ0) is 17.7. The minimum Gasteiger partial charge on any atom is -0.484 e. The molecule has 130 valence electrons. The number of ketones is 1. The van der Waals surface area contributed by atoms with Crippen molar-refractivity contribution < 1.29 is 14.3 Å². The normalized spacial score (nSPS) is 10.9. The Balaban J connectivity index is 2.05. The van der Waals surface area contributed by atoms with Crippen molar-refractivity contribution in [2.75, 3.05) is 20.3 Å². The van der Waals surface area contributed by atoms with Crippen LogP contribution >= 0.6 is 27.5 Å². The molecule has 24 heavy (non-hydrogen) atoms. The van der Waals surface area contributed by atoms with Gasteiger partial charge in [-0.15, -0.1) is 0 Å². The van der Waals surface area contributed by atoms with Crippen molar-refractivity contribution in [1.29, 1.82) is 0 Å². The minimum absolute atomic E-state index is 0.0113. The predicted molar refractivity (Wildman–Crippen MR) is 99.4 cm³/mol. The van der Waals surface area contributed by atoms with Crippen molar-refractivity contribution in [3.05, 3.63) is 50.7 Å². The fourth-order valence-electron chi connectivity index (χ4n) is 2.61. The number of benzene rings is 1. The lowest BCUT2D eigenvalue weighted by Gasteiger charge is -2.10. The Hall–Kier alpha value is -1.30. The van der Waals surface area contributed by atoms with Crippen LogP contribution in [0.15, 0.2) is 28.7 Å². The Morgan fingerprint density at radius 2 is 2.04 bits per heavy atom. The molecule has 2 aromatic rings. The summed E-state index contributed by atoms with van der Waals surface area (Å²) in [5.41, 5.74) is 2.74. The van der Waals surface area contributed by atoms with Crippen LogP contribution in [-0.2, 0) is 11.3 Å². The molecule has 6 heteroatoms. The zero-order valence-electron chi connectivity index (χ0n) is 14.1. The standard InChI is InChI=1S/C18H21BrClNO3/c1-12-9-15(13(2)21(12)7-4-8-23-3)17(22)11-24-18-6-5-14(20)10-16(18)19/h5-6,9-10H,4,7-8,11H2,1-3H3. The summed E-state index contributed by atoms with van der Waals surface area (Å²) >= 11 is 9.29. The van der Waals surface area contributed by atoms with Crippen molar-refractivity contribution in [3.8, 4) is 5.75 Å². The van der Waals surface area contributed by atoms with Gasteiger partial charge < -0.3 is 14.0 Å². The molecule has 0 atom stereocenters. The Bertz CT molecular complexity index is 727. The van der Waals surface area contributed by atoms with Crippen LogP contribution in [0.25, 0.3) is 0 Å². The zero-order valence-corrected chi connectivity index (χ0v) is 16.4. The van der Waals surface area contributed by atoms with E-state index in [0.29, 0.717) is 22.9 Å². The molecule has 0 spiro atoms. The van der Waals surface area contributed by atoms with Gasteiger partial charge in [0.2, 0.25) is 5.78 Å². The summed E-state index contributed by atoms with van der Waals surface area (Å²) in [5.74, 6) is 0.560. The van der Waals surface area contributed by atoms with Gasteiger partial charge in [-0.05, 0) is 60.5 Å². The smallest absolute Gasteiger partial charge is 0.202 e. The largest absolute Gasteiger partial charge is 0.484 e. The molecule has 1 aromatic heterocycles. The van der Waals surface area contributed by atoms with Crippen LogP contribution in [0.3, 0.4) is 0 Å². The van der Waals surface area contributed by atoms with E-state index in [4.69, 9.17) is 21.1 Å². The van der Waals surface area contributed by atoms with Crippen LogP contribution < -0.4 is 4.74 Å². The topological polar surface area (TPSA) is 40.5 Å². The van der Waals surface area contributed by atoms with Gasteiger partial charge in [0, 0.05) is 42.2 Å². The summed E-state index contributed by atoms with van der Waals surface area (Å²) in [6.45, 7) is 5.50. The summed E-state index contributed by atoms with van der Waals surface area (Å²) < 4.78 is 13.6. The van der Waals surface area contributed by atoms with Crippen molar-refractivity contribution in [2.24, 2.45) is 0 Å². The summed E-state index contributed by atoms with van der Waals surface area (Å²) in [4.78, 5) is 12.5. The highest BCUT2D eigenvalue weighted by atomic mass is 79.9. The molecule has 0 saturated heterocycles.